The Balaban J connectivity index is 2.28. The van der Waals surface area contributed by atoms with E-state index in [0.717, 1.165) is 6.07 Å². The lowest BCUT2D eigenvalue weighted by Crippen LogP contribution is -2.43. The van der Waals surface area contributed by atoms with Crippen molar-refractivity contribution in [2.75, 3.05) is 6.61 Å². The van der Waals surface area contributed by atoms with Crippen molar-refractivity contribution in [1.29, 1.82) is 0 Å². The van der Waals surface area contributed by atoms with Gasteiger partial charge in [-0.15, -0.1) is 0 Å². The molecule has 1 aromatic heterocycles. The van der Waals surface area contributed by atoms with Crippen LogP contribution in [0.25, 0.3) is 0 Å². The second kappa shape index (κ2) is 5.70. The Morgan fingerprint density at radius 3 is 2.59 bits per heavy atom. The van der Waals surface area contributed by atoms with E-state index in [1.807, 2.05) is 4.98 Å². The van der Waals surface area contributed by atoms with Crippen molar-refractivity contribution in [3.05, 3.63) is 32.6 Å². The highest BCUT2D eigenvalue weighted by atomic mass is 31.2. The molecule has 124 valence electrons. The lowest BCUT2D eigenvalue weighted by Gasteiger charge is -2.26. The summed E-state index contributed by atoms with van der Waals surface area (Å²) in [5, 5.41) is 20.3. The van der Waals surface area contributed by atoms with Gasteiger partial charge in [0.15, 0.2) is 0 Å². The fourth-order valence-corrected chi connectivity index (χ4v) is 2.58. The van der Waals surface area contributed by atoms with E-state index in [2.05, 4.69) is 9.51 Å². The van der Waals surface area contributed by atoms with Crippen molar-refractivity contribution >= 4 is 7.82 Å². The second-order valence-corrected chi connectivity index (χ2v) is 6.29. The van der Waals surface area contributed by atoms with Crippen LogP contribution in [0, 0.1) is 0 Å². The number of phosphoric acid groups is 1. The third kappa shape index (κ3) is 3.52. The number of rotatable bonds is 4. The molecule has 2 heterocycles. The molecule has 1 saturated heterocycles. The molecule has 0 unspecified atom stereocenters. The molecular formula is C10H15N2O9P. The maximum absolute atomic E-state index is 11.3. The van der Waals surface area contributed by atoms with Gasteiger partial charge in [-0.2, -0.15) is 0 Å². The fraction of sp³-hybridized carbons (Fsp3) is 0.600. The molecule has 0 radical (unpaired) electrons. The Morgan fingerprint density at radius 1 is 1.41 bits per heavy atom. The van der Waals surface area contributed by atoms with Gasteiger partial charge in [-0.05, 0) is 6.92 Å². The van der Waals surface area contributed by atoms with E-state index in [9.17, 15) is 24.4 Å². The molecule has 0 aliphatic carbocycles. The number of hydrogen-bond acceptors (Lipinski definition) is 7. The highest BCUT2D eigenvalue weighted by Crippen LogP contribution is 2.43. The molecule has 1 fully saturated rings. The number of aliphatic hydroxyl groups is 2. The van der Waals surface area contributed by atoms with Gasteiger partial charge in [-0.25, -0.2) is 9.36 Å². The highest BCUT2D eigenvalue weighted by molar-refractivity contribution is 7.46. The van der Waals surface area contributed by atoms with Crippen LogP contribution in [-0.2, 0) is 13.8 Å². The van der Waals surface area contributed by atoms with E-state index >= 15 is 0 Å². The highest BCUT2D eigenvalue weighted by Gasteiger charge is 2.53. The summed E-state index contributed by atoms with van der Waals surface area (Å²) >= 11 is 0. The average molecular weight is 338 g/mol. The van der Waals surface area contributed by atoms with Crippen molar-refractivity contribution in [2.24, 2.45) is 0 Å². The summed E-state index contributed by atoms with van der Waals surface area (Å²) in [6.45, 7) is 0.505. The van der Waals surface area contributed by atoms with Gasteiger partial charge < -0.3 is 29.7 Å². The van der Waals surface area contributed by atoms with E-state index in [0.29, 0.717) is 0 Å². The molecule has 12 heteroatoms. The van der Waals surface area contributed by atoms with Crippen molar-refractivity contribution in [3.63, 3.8) is 0 Å². The predicted molar refractivity (Wildman–Crippen MR) is 69.9 cm³/mol. The van der Waals surface area contributed by atoms with Crippen molar-refractivity contribution in [2.45, 2.75) is 30.8 Å². The maximum Gasteiger partial charge on any atom is 0.469 e. The second-order valence-electron chi connectivity index (χ2n) is 5.05. The molecule has 6 N–H and O–H groups in total. The van der Waals surface area contributed by atoms with Gasteiger partial charge in [-0.1, -0.05) is 0 Å². The van der Waals surface area contributed by atoms with Crippen LogP contribution >= 0.6 is 7.82 Å². The number of ether oxygens (including phenoxy) is 1. The molecule has 0 saturated carbocycles. The number of aromatic nitrogens is 2. The molecule has 1 aliphatic heterocycles. The minimum atomic E-state index is -4.78. The summed E-state index contributed by atoms with van der Waals surface area (Å²) in [7, 11) is -4.78. The Bertz CT molecular complexity index is 677. The minimum Gasteiger partial charge on any atom is -0.387 e. The maximum atomic E-state index is 11.3. The number of hydrogen-bond donors (Lipinski definition) is 6. The average Bonchev–Trinajstić information content (AvgIpc) is 2.57. The number of phosphoric ester groups is 1. The Morgan fingerprint density at radius 2 is 2.05 bits per heavy atom. The first-order chi connectivity index (χ1) is 10.0. The van der Waals surface area contributed by atoms with Crippen molar-refractivity contribution in [3.8, 4) is 0 Å². The predicted octanol–water partition coefficient (Wildman–Crippen LogP) is -2.28. The molecule has 22 heavy (non-hydrogen) atoms. The van der Waals surface area contributed by atoms with E-state index in [1.54, 1.807) is 0 Å². The van der Waals surface area contributed by atoms with Crippen LogP contribution in [0.5, 0.6) is 0 Å². The summed E-state index contributed by atoms with van der Waals surface area (Å²) < 4.78 is 20.2. The van der Waals surface area contributed by atoms with Crippen LogP contribution in [0.2, 0.25) is 0 Å². The number of aromatic amines is 2. The third-order valence-corrected chi connectivity index (χ3v) is 3.75. The molecule has 11 nitrogen and oxygen atoms in total. The molecular weight excluding hydrogens is 323 g/mol. The third-order valence-electron chi connectivity index (χ3n) is 3.26. The zero-order valence-electron chi connectivity index (χ0n) is 11.3. The van der Waals surface area contributed by atoms with Gasteiger partial charge >= 0.3 is 13.5 Å². The lowest BCUT2D eigenvalue weighted by atomic mass is 9.91. The van der Waals surface area contributed by atoms with Crippen LogP contribution in [0.3, 0.4) is 0 Å². The van der Waals surface area contributed by atoms with Crippen LogP contribution in [0.15, 0.2) is 15.7 Å². The van der Waals surface area contributed by atoms with E-state index in [1.165, 1.54) is 6.92 Å². The summed E-state index contributed by atoms with van der Waals surface area (Å²) in [5.41, 5.74) is -3.56. The zero-order chi connectivity index (χ0) is 16.7. The number of aliphatic hydroxyl groups excluding tert-OH is 1. The summed E-state index contributed by atoms with van der Waals surface area (Å²) in [6.07, 6.45) is -4.12. The molecule has 1 aliphatic rings. The number of nitrogens with one attached hydrogen (secondary N) is 2. The van der Waals surface area contributed by atoms with Crippen LogP contribution in [0.4, 0.5) is 0 Å². The molecule has 1 aromatic rings. The molecule has 0 spiro atoms. The summed E-state index contributed by atoms with van der Waals surface area (Å²) in [5.74, 6) is 0. The largest absolute Gasteiger partial charge is 0.469 e. The normalized spacial score (nSPS) is 32.3. The van der Waals surface area contributed by atoms with Gasteiger partial charge in [0.2, 0.25) is 0 Å². The van der Waals surface area contributed by atoms with Crippen LogP contribution in [0.1, 0.15) is 18.7 Å². The van der Waals surface area contributed by atoms with Crippen molar-refractivity contribution in [1.82, 2.24) is 9.97 Å². The molecule has 4 atom stereocenters. The Labute approximate surface area is 122 Å². The molecule has 2 rings (SSSR count). The first-order valence-electron chi connectivity index (χ1n) is 6.10. The Kier molecular flexibility index (Phi) is 4.42. The Hall–Kier alpha value is -1.33. The molecule has 0 bridgehead atoms. The van der Waals surface area contributed by atoms with Gasteiger partial charge in [0, 0.05) is 6.07 Å². The topological polar surface area (TPSA) is 182 Å². The standard InChI is InChI=1S/C10H15N2O9P/c1-10(16)7(14)5(3-20-22(17,18)19)21-8(10)4-2-6(13)12-9(15)11-4/h2,5,7-8,14,16H,3H2,1H3,(H2,17,18,19)(H2,11,12,13,15)/t5-,7-,8+,10-/m1/s1. The first-order valence-corrected chi connectivity index (χ1v) is 7.63. The van der Waals surface area contributed by atoms with Crippen molar-refractivity contribution < 1.29 is 33.8 Å². The minimum absolute atomic E-state index is 0.0866. The number of H-pyrrole nitrogens is 2. The summed E-state index contributed by atoms with van der Waals surface area (Å²) in [6, 6.07) is 0.972. The van der Waals surface area contributed by atoms with Crippen LogP contribution < -0.4 is 11.2 Å². The quantitative estimate of drug-likeness (QED) is 0.329. The smallest absolute Gasteiger partial charge is 0.387 e. The van der Waals surface area contributed by atoms with Gasteiger partial charge in [0.1, 0.15) is 23.9 Å². The zero-order valence-corrected chi connectivity index (χ0v) is 12.2. The fourth-order valence-electron chi connectivity index (χ4n) is 2.24. The van der Waals surface area contributed by atoms with Gasteiger partial charge in [-0.3, -0.25) is 14.3 Å². The van der Waals surface area contributed by atoms with E-state index in [4.69, 9.17) is 14.5 Å². The van der Waals surface area contributed by atoms with E-state index < -0.39 is 49.6 Å². The monoisotopic (exact) mass is 338 g/mol. The van der Waals surface area contributed by atoms with Gasteiger partial charge in [0.05, 0.1) is 12.3 Å². The molecule has 0 aromatic carbocycles. The SMILES string of the molecule is C[C@@]1(O)[C@H](O)[C@@H](COP(=O)(O)O)O[C@H]1c1cc(=O)[nH]c(=O)[nH]1. The van der Waals surface area contributed by atoms with Gasteiger partial charge in [0.25, 0.3) is 5.56 Å². The van der Waals surface area contributed by atoms with Crippen LogP contribution in [-0.4, -0.2) is 54.4 Å². The summed E-state index contributed by atoms with van der Waals surface area (Å²) in [4.78, 5) is 44.0. The van der Waals surface area contributed by atoms with E-state index in [-0.39, 0.29) is 5.69 Å². The first kappa shape index (κ1) is 17.0. The lowest BCUT2D eigenvalue weighted by molar-refractivity contribution is -0.0660. The molecule has 0 amide bonds.